The number of halogens is 1. The number of carbonyl (C=O) groups is 1. The van der Waals surface area contributed by atoms with Gasteiger partial charge in [0, 0.05) is 33.7 Å². The molecule has 15 heavy (non-hydrogen) atoms. The van der Waals surface area contributed by atoms with Gasteiger partial charge < -0.3 is 10.6 Å². The lowest BCUT2D eigenvalue weighted by molar-refractivity contribution is -0.128. The molecule has 1 aliphatic rings. The number of carbonyl (C=O) groups excluding carboxylic acids is 1. The Labute approximate surface area is 101 Å². The van der Waals surface area contributed by atoms with Crippen molar-refractivity contribution in [3.05, 3.63) is 20.8 Å². The molecule has 0 radical (unpaired) electrons. The van der Waals surface area contributed by atoms with Gasteiger partial charge in [-0.1, -0.05) is 0 Å². The number of nitrogens with zero attached hydrogens (tertiary/aromatic N) is 1. The SMILES string of the molecule is CCN1C(=O)CC(N)C1c1cc(Br)cs1. The van der Waals surface area contributed by atoms with Gasteiger partial charge in [0.2, 0.25) is 5.91 Å². The summed E-state index contributed by atoms with van der Waals surface area (Å²) in [5.41, 5.74) is 6.01. The van der Waals surface area contributed by atoms with Crippen LogP contribution in [-0.4, -0.2) is 23.4 Å². The summed E-state index contributed by atoms with van der Waals surface area (Å²) >= 11 is 5.07. The van der Waals surface area contributed by atoms with E-state index in [4.69, 9.17) is 5.73 Å². The number of hydrogen-bond donors (Lipinski definition) is 1. The van der Waals surface area contributed by atoms with Crippen molar-refractivity contribution in [2.45, 2.75) is 25.4 Å². The van der Waals surface area contributed by atoms with Gasteiger partial charge in [-0.15, -0.1) is 11.3 Å². The fourth-order valence-corrected chi connectivity index (χ4v) is 3.67. The topological polar surface area (TPSA) is 46.3 Å². The number of likely N-dealkylation sites (N-methyl/N-ethyl adjacent to an activating group) is 1. The number of hydrogen-bond acceptors (Lipinski definition) is 3. The number of amides is 1. The van der Waals surface area contributed by atoms with Crippen molar-refractivity contribution in [1.82, 2.24) is 4.90 Å². The molecule has 1 saturated heterocycles. The van der Waals surface area contributed by atoms with Crippen molar-refractivity contribution in [3.8, 4) is 0 Å². The Morgan fingerprint density at radius 3 is 3.00 bits per heavy atom. The summed E-state index contributed by atoms with van der Waals surface area (Å²) in [4.78, 5) is 14.7. The van der Waals surface area contributed by atoms with Crippen LogP contribution in [0.4, 0.5) is 0 Å². The van der Waals surface area contributed by atoms with Crippen LogP contribution in [0.3, 0.4) is 0 Å². The second-order valence-electron chi connectivity index (χ2n) is 3.66. The third kappa shape index (κ3) is 1.96. The maximum absolute atomic E-state index is 11.6. The van der Waals surface area contributed by atoms with Crippen LogP contribution in [0.5, 0.6) is 0 Å². The van der Waals surface area contributed by atoms with Gasteiger partial charge in [-0.2, -0.15) is 0 Å². The lowest BCUT2D eigenvalue weighted by atomic mass is 10.1. The molecule has 1 fully saturated rings. The van der Waals surface area contributed by atoms with Crippen LogP contribution in [0.25, 0.3) is 0 Å². The first-order chi connectivity index (χ1) is 7.13. The van der Waals surface area contributed by atoms with Crippen LogP contribution in [0, 0.1) is 0 Å². The zero-order valence-electron chi connectivity index (χ0n) is 8.44. The minimum absolute atomic E-state index is 0.0667. The monoisotopic (exact) mass is 288 g/mol. The largest absolute Gasteiger partial charge is 0.333 e. The highest BCUT2D eigenvalue weighted by Crippen LogP contribution is 2.36. The third-order valence-corrected chi connectivity index (χ3v) is 4.46. The summed E-state index contributed by atoms with van der Waals surface area (Å²) < 4.78 is 1.06. The lowest BCUT2D eigenvalue weighted by Gasteiger charge is -2.24. The van der Waals surface area contributed by atoms with Crippen LogP contribution in [0.15, 0.2) is 15.9 Å². The van der Waals surface area contributed by atoms with Crippen molar-refractivity contribution in [3.63, 3.8) is 0 Å². The lowest BCUT2D eigenvalue weighted by Crippen LogP contribution is -2.32. The second-order valence-corrected chi connectivity index (χ2v) is 5.52. The van der Waals surface area contributed by atoms with E-state index in [9.17, 15) is 4.79 Å². The number of rotatable bonds is 2. The highest BCUT2D eigenvalue weighted by atomic mass is 79.9. The molecule has 1 aromatic rings. The second kappa shape index (κ2) is 4.23. The molecule has 0 spiro atoms. The average molecular weight is 289 g/mol. The van der Waals surface area contributed by atoms with Gasteiger partial charge in [-0.3, -0.25) is 4.79 Å². The van der Waals surface area contributed by atoms with E-state index in [-0.39, 0.29) is 18.0 Å². The van der Waals surface area contributed by atoms with Crippen molar-refractivity contribution >= 4 is 33.2 Å². The molecular formula is C10H13BrN2OS. The third-order valence-electron chi connectivity index (χ3n) is 2.69. The molecule has 2 heterocycles. The Balaban J connectivity index is 2.30. The molecule has 3 nitrogen and oxygen atoms in total. The van der Waals surface area contributed by atoms with Gasteiger partial charge in [0.05, 0.1) is 6.04 Å². The minimum atomic E-state index is -0.0667. The Morgan fingerprint density at radius 1 is 1.73 bits per heavy atom. The maximum Gasteiger partial charge on any atom is 0.224 e. The molecule has 5 heteroatoms. The zero-order valence-corrected chi connectivity index (χ0v) is 10.8. The first kappa shape index (κ1) is 11.1. The fraction of sp³-hybridized carbons (Fsp3) is 0.500. The molecule has 82 valence electrons. The van der Waals surface area contributed by atoms with Crippen LogP contribution in [0.2, 0.25) is 0 Å². The van der Waals surface area contributed by atoms with E-state index in [2.05, 4.69) is 22.0 Å². The van der Waals surface area contributed by atoms with E-state index in [1.807, 2.05) is 17.2 Å². The summed E-state index contributed by atoms with van der Waals surface area (Å²) in [7, 11) is 0. The Hall–Kier alpha value is -0.390. The Kier molecular flexibility index (Phi) is 3.13. The van der Waals surface area contributed by atoms with E-state index in [1.54, 1.807) is 11.3 Å². The smallest absolute Gasteiger partial charge is 0.224 e. The van der Waals surface area contributed by atoms with Gasteiger partial charge in [-0.05, 0) is 28.9 Å². The number of likely N-dealkylation sites (tertiary alicyclic amines) is 1. The summed E-state index contributed by atoms with van der Waals surface area (Å²) in [6.45, 7) is 2.72. The molecule has 1 amide bonds. The average Bonchev–Trinajstić information content (AvgIpc) is 2.70. The molecule has 1 aromatic heterocycles. The van der Waals surface area contributed by atoms with Gasteiger partial charge in [0.1, 0.15) is 0 Å². The molecule has 0 aromatic carbocycles. The molecule has 2 rings (SSSR count). The standard InChI is InChI=1S/C10H13BrN2OS/c1-2-13-9(14)4-7(12)10(13)8-3-6(11)5-15-8/h3,5,7,10H,2,4,12H2,1H3. The molecule has 2 unspecified atom stereocenters. The molecule has 0 bridgehead atoms. The van der Waals surface area contributed by atoms with Gasteiger partial charge in [-0.25, -0.2) is 0 Å². The van der Waals surface area contributed by atoms with Crippen LogP contribution >= 0.6 is 27.3 Å². The van der Waals surface area contributed by atoms with Crippen molar-refractivity contribution < 1.29 is 4.79 Å². The summed E-state index contributed by atoms with van der Waals surface area (Å²) in [5.74, 6) is 0.166. The number of thiophene rings is 1. The molecule has 2 atom stereocenters. The van der Waals surface area contributed by atoms with Gasteiger partial charge >= 0.3 is 0 Å². The van der Waals surface area contributed by atoms with Gasteiger partial charge in [0.25, 0.3) is 0 Å². The normalized spacial score (nSPS) is 26.3. The number of nitrogens with two attached hydrogens (primary N) is 1. The quantitative estimate of drug-likeness (QED) is 0.906. The van der Waals surface area contributed by atoms with E-state index in [0.717, 1.165) is 11.0 Å². The molecule has 0 aliphatic carbocycles. The van der Waals surface area contributed by atoms with Crippen LogP contribution in [0.1, 0.15) is 24.3 Å². The molecule has 1 aliphatic heterocycles. The van der Waals surface area contributed by atoms with E-state index >= 15 is 0 Å². The van der Waals surface area contributed by atoms with Crippen molar-refractivity contribution in [1.29, 1.82) is 0 Å². The first-order valence-electron chi connectivity index (χ1n) is 4.92. The van der Waals surface area contributed by atoms with Crippen molar-refractivity contribution in [2.75, 3.05) is 6.54 Å². The van der Waals surface area contributed by atoms with E-state index in [1.165, 1.54) is 4.88 Å². The molecule has 0 saturated carbocycles. The zero-order chi connectivity index (χ0) is 11.0. The maximum atomic E-state index is 11.6. The highest BCUT2D eigenvalue weighted by Gasteiger charge is 2.38. The highest BCUT2D eigenvalue weighted by molar-refractivity contribution is 9.10. The predicted octanol–water partition coefficient (Wildman–Crippen LogP) is 2.13. The predicted molar refractivity (Wildman–Crippen MR) is 64.7 cm³/mol. The van der Waals surface area contributed by atoms with E-state index in [0.29, 0.717) is 6.42 Å². The van der Waals surface area contributed by atoms with Crippen LogP contribution < -0.4 is 5.73 Å². The summed E-state index contributed by atoms with van der Waals surface area (Å²) in [6, 6.07) is 2.05. The summed E-state index contributed by atoms with van der Waals surface area (Å²) in [5, 5.41) is 2.03. The van der Waals surface area contributed by atoms with Crippen molar-refractivity contribution in [2.24, 2.45) is 5.73 Å². The summed E-state index contributed by atoms with van der Waals surface area (Å²) in [6.07, 6.45) is 0.466. The molecule has 2 N–H and O–H groups in total. The molecular weight excluding hydrogens is 276 g/mol. The van der Waals surface area contributed by atoms with Gasteiger partial charge in [0.15, 0.2) is 0 Å². The first-order valence-corrected chi connectivity index (χ1v) is 6.59. The van der Waals surface area contributed by atoms with Crippen LogP contribution in [-0.2, 0) is 4.79 Å². The minimum Gasteiger partial charge on any atom is -0.333 e. The fourth-order valence-electron chi connectivity index (χ4n) is 2.04. The Bertz CT molecular complexity index is 379. The van der Waals surface area contributed by atoms with E-state index < -0.39 is 0 Å². The Morgan fingerprint density at radius 2 is 2.47 bits per heavy atom.